The van der Waals surface area contributed by atoms with Crippen LogP contribution in [0.5, 0.6) is 11.5 Å². The van der Waals surface area contributed by atoms with E-state index in [1.165, 1.54) is 18.4 Å². The Morgan fingerprint density at radius 3 is 2.69 bits per heavy atom. The van der Waals surface area contributed by atoms with Crippen LogP contribution in [0.1, 0.15) is 20.8 Å². The molecule has 6 heteroatoms. The predicted molar refractivity (Wildman–Crippen MR) is 105 cm³/mol. The van der Waals surface area contributed by atoms with E-state index in [1.54, 1.807) is 30.5 Å². The Labute approximate surface area is 155 Å². The molecule has 0 aliphatic rings. The quantitative estimate of drug-likeness (QED) is 0.296. The van der Waals surface area contributed by atoms with Crippen molar-refractivity contribution in [1.29, 1.82) is 0 Å². The number of methoxy groups -OCH3 is 1. The minimum atomic E-state index is -0.402. The summed E-state index contributed by atoms with van der Waals surface area (Å²) in [5, 5.41) is 6.07. The molecule has 0 aliphatic heterocycles. The summed E-state index contributed by atoms with van der Waals surface area (Å²) in [5.74, 6) is 0.436. The third-order valence-corrected chi connectivity index (χ3v) is 4.51. The Morgan fingerprint density at radius 2 is 1.96 bits per heavy atom. The van der Waals surface area contributed by atoms with Gasteiger partial charge in [-0.25, -0.2) is 4.79 Å². The van der Waals surface area contributed by atoms with Crippen molar-refractivity contribution in [3.8, 4) is 11.5 Å². The maximum Gasteiger partial charge on any atom is 0.353 e. The number of benzene rings is 2. The smallest absolute Gasteiger partial charge is 0.353 e. The summed E-state index contributed by atoms with van der Waals surface area (Å²) in [4.78, 5) is 12.6. The summed E-state index contributed by atoms with van der Waals surface area (Å²) in [7, 11) is 1.53. The number of hydrogen-bond donors (Lipinski definition) is 1. The minimum absolute atomic E-state index is 0.370. The first-order valence-corrected chi connectivity index (χ1v) is 8.84. The van der Waals surface area contributed by atoms with Gasteiger partial charge in [0.25, 0.3) is 0 Å². The molecule has 0 amide bonds. The van der Waals surface area contributed by atoms with Gasteiger partial charge in [-0.05, 0) is 53.8 Å². The van der Waals surface area contributed by atoms with E-state index in [-0.39, 0.29) is 0 Å². The highest BCUT2D eigenvalue weighted by Gasteiger charge is 2.13. The normalized spacial score (nSPS) is 10.7. The molecule has 0 bridgehead atoms. The van der Waals surface area contributed by atoms with Crippen LogP contribution in [-0.2, 0) is 0 Å². The van der Waals surface area contributed by atoms with E-state index in [2.05, 4.69) is 10.5 Å². The molecule has 0 saturated carbocycles. The van der Waals surface area contributed by atoms with Gasteiger partial charge in [-0.1, -0.05) is 24.3 Å². The molecular weight excluding hydrogens is 348 g/mol. The monoisotopic (exact) mass is 366 g/mol. The van der Waals surface area contributed by atoms with Gasteiger partial charge in [0.05, 0.1) is 19.0 Å². The van der Waals surface area contributed by atoms with Gasteiger partial charge in [-0.15, -0.1) is 11.3 Å². The molecule has 1 N–H and O–H groups in total. The lowest BCUT2D eigenvalue weighted by Crippen LogP contribution is -2.07. The molecule has 2 aromatic carbocycles. The van der Waals surface area contributed by atoms with Crippen molar-refractivity contribution in [1.82, 2.24) is 0 Å². The number of para-hydroxylation sites is 1. The number of hydrogen-bond acceptors (Lipinski definition) is 6. The van der Waals surface area contributed by atoms with Gasteiger partial charge >= 0.3 is 5.97 Å². The lowest BCUT2D eigenvalue weighted by Gasteiger charge is -2.09. The first-order valence-electron chi connectivity index (χ1n) is 7.96. The average molecular weight is 366 g/mol. The summed E-state index contributed by atoms with van der Waals surface area (Å²) >= 11 is 1.33. The van der Waals surface area contributed by atoms with Crippen molar-refractivity contribution in [2.75, 3.05) is 12.5 Å². The molecule has 132 valence electrons. The van der Waals surface area contributed by atoms with Crippen molar-refractivity contribution >= 4 is 29.2 Å². The van der Waals surface area contributed by atoms with Crippen LogP contribution in [0.25, 0.3) is 0 Å². The second kappa shape index (κ2) is 8.31. The number of carbonyl (C=O) groups excluding carboxylic acids is 1. The number of ether oxygens (including phenoxy) is 2. The van der Waals surface area contributed by atoms with E-state index in [1.807, 2.05) is 42.6 Å². The van der Waals surface area contributed by atoms with E-state index in [0.717, 1.165) is 16.8 Å². The number of carbonyl (C=O) groups is 1. The molecule has 0 atom stereocenters. The lowest BCUT2D eigenvalue weighted by atomic mass is 10.2. The number of hydrazone groups is 1. The molecule has 1 heterocycles. The van der Waals surface area contributed by atoms with Gasteiger partial charge in [0, 0.05) is 0 Å². The fourth-order valence-electron chi connectivity index (χ4n) is 2.27. The molecule has 0 saturated heterocycles. The molecule has 0 fully saturated rings. The maximum atomic E-state index is 12.1. The van der Waals surface area contributed by atoms with Crippen LogP contribution in [0, 0.1) is 6.92 Å². The van der Waals surface area contributed by atoms with Crippen molar-refractivity contribution in [3.63, 3.8) is 0 Å². The van der Waals surface area contributed by atoms with Gasteiger partial charge in [0.1, 0.15) is 4.88 Å². The zero-order valence-electron chi connectivity index (χ0n) is 14.4. The van der Waals surface area contributed by atoms with E-state index >= 15 is 0 Å². The number of nitrogens with one attached hydrogen (secondary N) is 1. The number of rotatable bonds is 6. The first-order chi connectivity index (χ1) is 12.7. The third-order valence-electron chi connectivity index (χ3n) is 3.66. The van der Waals surface area contributed by atoms with E-state index < -0.39 is 5.97 Å². The molecule has 3 aromatic rings. The van der Waals surface area contributed by atoms with Gasteiger partial charge < -0.3 is 9.47 Å². The fraction of sp³-hybridized carbons (Fsp3) is 0.100. The number of thiophene rings is 1. The molecule has 5 nitrogen and oxygen atoms in total. The van der Waals surface area contributed by atoms with Crippen LogP contribution in [0.2, 0.25) is 0 Å². The Kier molecular flexibility index (Phi) is 5.66. The van der Waals surface area contributed by atoms with E-state index in [4.69, 9.17) is 9.47 Å². The van der Waals surface area contributed by atoms with Gasteiger partial charge in [0.15, 0.2) is 11.5 Å². The highest BCUT2D eigenvalue weighted by Crippen LogP contribution is 2.29. The summed E-state index contributed by atoms with van der Waals surface area (Å²) in [5.41, 5.74) is 5.88. The molecule has 3 rings (SSSR count). The molecule has 1 aromatic heterocycles. The van der Waals surface area contributed by atoms with Gasteiger partial charge in [0.2, 0.25) is 0 Å². The standard InChI is InChI=1S/C20H18N2O3S/c1-14-6-3-4-7-16(14)22-21-13-15-9-10-17(18(12-15)24-2)25-20(23)19-8-5-11-26-19/h3-13,22H,1-2H3. The highest BCUT2D eigenvalue weighted by atomic mass is 32.1. The topological polar surface area (TPSA) is 59.9 Å². The van der Waals surface area contributed by atoms with Crippen molar-refractivity contribution in [2.45, 2.75) is 6.92 Å². The Bertz CT molecular complexity index is 921. The third kappa shape index (κ3) is 4.29. The van der Waals surface area contributed by atoms with Gasteiger partial charge in [-0.2, -0.15) is 5.10 Å². The molecular formula is C20H18N2O3S. The summed E-state index contributed by atoms with van der Waals surface area (Å²) < 4.78 is 10.7. The van der Waals surface area contributed by atoms with E-state index in [0.29, 0.717) is 16.4 Å². The largest absolute Gasteiger partial charge is 0.493 e. The molecule has 0 aliphatic carbocycles. The predicted octanol–water partition coefficient (Wildman–Crippen LogP) is 4.73. The van der Waals surface area contributed by atoms with Crippen LogP contribution >= 0.6 is 11.3 Å². The fourth-order valence-corrected chi connectivity index (χ4v) is 2.87. The van der Waals surface area contributed by atoms with Gasteiger partial charge in [-0.3, -0.25) is 5.43 Å². The number of nitrogens with zero attached hydrogens (tertiary/aromatic N) is 1. The zero-order chi connectivity index (χ0) is 18.4. The second-order valence-corrected chi connectivity index (χ2v) is 6.41. The van der Waals surface area contributed by atoms with Crippen LogP contribution in [-0.4, -0.2) is 19.3 Å². The number of anilines is 1. The zero-order valence-corrected chi connectivity index (χ0v) is 15.2. The second-order valence-electron chi connectivity index (χ2n) is 5.46. The molecule has 0 radical (unpaired) electrons. The van der Waals surface area contributed by atoms with Crippen molar-refractivity contribution in [3.05, 3.63) is 76.0 Å². The van der Waals surface area contributed by atoms with E-state index in [9.17, 15) is 4.79 Å². The Morgan fingerprint density at radius 1 is 1.12 bits per heavy atom. The van der Waals surface area contributed by atoms with Crippen LogP contribution in [0.3, 0.4) is 0 Å². The maximum absolute atomic E-state index is 12.1. The lowest BCUT2D eigenvalue weighted by molar-refractivity contribution is 0.0735. The number of esters is 1. The van der Waals surface area contributed by atoms with Crippen LogP contribution < -0.4 is 14.9 Å². The summed E-state index contributed by atoms with van der Waals surface area (Å²) in [6.45, 7) is 2.01. The summed E-state index contributed by atoms with van der Waals surface area (Å²) in [6, 6.07) is 16.7. The highest BCUT2D eigenvalue weighted by molar-refractivity contribution is 7.12. The molecule has 0 spiro atoms. The molecule has 0 unspecified atom stereocenters. The number of aryl methyl sites for hydroxylation is 1. The first kappa shape index (κ1) is 17.7. The van der Waals surface area contributed by atoms with Crippen LogP contribution in [0.4, 0.5) is 5.69 Å². The van der Waals surface area contributed by atoms with Crippen molar-refractivity contribution in [2.24, 2.45) is 5.10 Å². The molecule has 26 heavy (non-hydrogen) atoms. The minimum Gasteiger partial charge on any atom is -0.493 e. The Hall–Kier alpha value is -3.12. The SMILES string of the molecule is COc1cc(C=NNc2ccccc2C)ccc1OC(=O)c1cccs1. The average Bonchev–Trinajstić information content (AvgIpc) is 3.19. The summed E-state index contributed by atoms with van der Waals surface area (Å²) in [6.07, 6.45) is 1.68. The van der Waals surface area contributed by atoms with Crippen molar-refractivity contribution < 1.29 is 14.3 Å². The Balaban J connectivity index is 1.71. The van der Waals surface area contributed by atoms with Crippen LogP contribution in [0.15, 0.2) is 65.1 Å².